The van der Waals surface area contributed by atoms with Gasteiger partial charge in [-0.3, -0.25) is 4.55 Å². The Balaban J connectivity index is 2.22. The molecule has 1 aliphatic rings. The van der Waals surface area contributed by atoms with Gasteiger partial charge >= 0.3 is 6.09 Å². The van der Waals surface area contributed by atoms with Gasteiger partial charge in [0.1, 0.15) is 5.60 Å². The molecule has 1 aliphatic heterocycles. The van der Waals surface area contributed by atoms with Gasteiger partial charge in [-0.1, -0.05) is 11.9 Å². The number of nitrogens with zero attached hydrogens (tertiary/aromatic N) is 2. The first-order valence-electron chi connectivity index (χ1n) is 6.88. The van der Waals surface area contributed by atoms with E-state index in [0.29, 0.717) is 25.3 Å². The highest BCUT2D eigenvalue weighted by Crippen LogP contribution is 2.17. The molecule has 1 amide bonds. The largest absolute Gasteiger partial charge is 0.444 e. The smallest absolute Gasteiger partial charge is 0.410 e. The molecule has 0 atom stereocenters. The molecule has 1 heterocycles. The minimum absolute atomic E-state index is 0.210. The molecule has 9 heteroatoms. The third-order valence-electron chi connectivity index (χ3n) is 2.71. The number of piperazine rings is 1. The summed E-state index contributed by atoms with van der Waals surface area (Å²) >= 11 is 1.54. The molecule has 1 fully saturated rings. The Labute approximate surface area is 130 Å². The van der Waals surface area contributed by atoms with Crippen molar-refractivity contribution in [1.82, 2.24) is 9.21 Å². The van der Waals surface area contributed by atoms with Crippen LogP contribution in [0.5, 0.6) is 0 Å². The van der Waals surface area contributed by atoms with Crippen LogP contribution in [0.1, 0.15) is 27.2 Å². The fourth-order valence-corrected chi connectivity index (χ4v) is 3.41. The molecule has 1 saturated heterocycles. The van der Waals surface area contributed by atoms with Gasteiger partial charge < -0.3 is 9.64 Å². The highest BCUT2D eigenvalue weighted by atomic mass is 32.2. The van der Waals surface area contributed by atoms with Crippen LogP contribution >= 0.6 is 11.9 Å². The van der Waals surface area contributed by atoms with E-state index in [1.165, 1.54) is 0 Å². The third kappa shape index (κ3) is 8.50. The fourth-order valence-electron chi connectivity index (χ4n) is 1.76. The molecular formula is C12H24N2O5S2. The molecule has 0 radical (unpaired) electrons. The zero-order valence-corrected chi connectivity index (χ0v) is 14.4. The standard InChI is InChI=1S/C12H24N2O5S2/c1-12(2,3)19-11(15)13-5-7-14(8-6-13)20-9-4-10-21(16,17)18/h4-10H2,1-3H3,(H,16,17,18). The zero-order valence-electron chi connectivity index (χ0n) is 12.7. The number of ether oxygens (including phenoxy) is 1. The van der Waals surface area contributed by atoms with Crippen LogP contribution in [0.15, 0.2) is 0 Å². The molecule has 0 aromatic rings. The van der Waals surface area contributed by atoms with Gasteiger partial charge in [-0.2, -0.15) is 8.42 Å². The van der Waals surface area contributed by atoms with E-state index in [2.05, 4.69) is 4.31 Å². The minimum atomic E-state index is -3.87. The first-order chi connectivity index (χ1) is 9.57. The molecule has 0 aliphatic carbocycles. The molecule has 21 heavy (non-hydrogen) atoms. The number of rotatable bonds is 5. The van der Waals surface area contributed by atoms with Crippen molar-refractivity contribution >= 4 is 28.2 Å². The normalized spacial score (nSPS) is 17.8. The number of carbonyl (C=O) groups is 1. The first-order valence-corrected chi connectivity index (χ1v) is 9.43. The number of hydrogen-bond donors (Lipinski definition) is 1. The van der Waals surface area contributed by atoms with Gasteiger partial charge in [-0.15, -0.1) is 0 Å². The first kappa shape index (κ1) is 18.5. The van der Waals surface area contributed by atoms with E-state index in [0.717, 1.165) is 13.1 Å². The summed E-state index contributed by atoms with van der Waals surface area (Å²) in [4.78, 5) is 13.6. The maximum Gasteiger partial charge on any atom is 0.410 e. The summed E-state index contributed by atoms with van der Waals surface area (Å²) in [6.45, 7) is 8.15. The quantitative estimate of drug-likeness (QED) is 0.460. The lowest BCUT2D eigenvalue weighted by atomic mass is 10.2. The van der Waals surface area contributed by atoms with Crippen molar-refractivity contribution in [3.05, 3.63) is 0 Å². The van der Waals surface area contributed by atoms with Crippen LogP contribution < -0.4 is 0 Å². The van der Waals surface area contributed by atoms with Gasteiger partial charge in [0.2, 0.25) is 0 Å². The van der Waals surface area contributed by atoms with Crippen molar-refractivity contribution in [2.24, 2.45) is 0 Å². The second-order valence-electron chi connectivity index (χ2n) is 5.87. The molecule has 1 rings (SSSR count). The Kier molecular flexibility index (Phi) is 6.76. The summed E-state index contributed by atoms with van der Waals surface area (Å²) in [5.74, 6) is 0.421. The van der Waals surface area contributed by atoms with Crippen LogP contribution in [-0.4, -0.2) is 71.6 Å². The number of amides is 1. The molecule has 1 N–H and O–H groups in total. The Bertz CT molecular complexity index is 439. The maximum absolute atomic E-state index is 11.9. The van der Waals surface area contributed by atoms with E-state index in [-0.39, 0.29) is 11.8 Å². The van der Waals surface area contributed by atoms with Gasteiger partial charge in [-0.25, -0.2) is 9.10 Å². The van der Waals surface area contributed by atoms with Crippen molar-refractivity contribution in [3.8, 4) is 0 Å². The Morgan fingerprint density at radius 2 is 1.81 bits per heavy atom. The van der Waals surface area contributed by atoms with E-state index >= 15 is 0 Å². The SMILES string of the molecule is CC(C)(C)OC(=O)N1CCN(SCCCS(=O)(=O)O)CC1. The molecular weight excluding hydrogens is 316 g/mol. The topological polar surface area (TPSA) is 87.2 Å². The third-order valence-corrected chi connectivity index (χ3v) is 4.72. The summed E-state index contributed by atoms with van der Waals surface area (Å²) < 4.78 is 37.2. The molecule has 0 saturated carbocycles. The summed E-state index contributed by atoms with van der Waals surface area (Å²) in [6.07, 6.45) is 0.119. The Morgan fingerprint density at radius 3 is 2.29 bits per heavy atom. The molecule has 0 aromatic heterocycles. The Hall–Kier alpha value is -0.510. The second-order valence-corrected chi connectivity index (χ2v) is 8.62. The van der Waals surface area contributed by atoms with E-state index in [4.69, 9.17) is 9.29 Å². The molecule has 0 unspecified atom stereocenters. The molecule has 0 spiro atoms. The molecule has 124 valence electrons. The van der Waals surface area contributed by atoms with Crippen LogP contribution in [0.25, 0.3) is 0 Å². The van der Waals surface area contributed by atoms with E-state index in [1.54, 1.807) is 16.8 Å². The summed E-state index contributed by atoms with van der Waals surface area (Å²) in [5.41, 5.74) is -0.487. The summed E-state index contributed by atoms with van der Waals surface area (Å²) in [5, 5.41) is 0. The maximum atomic E-state index is 11.9. The van der Waals surface area contributed by atoms with E-state index < -0.39 is 15.7 Å². The average Bonchev–Trinajstić information content (AvgIpc) is 2.32. The highest BCUT2D eigenvalue weighted by molar-refractivity contribution is 7.97. The molecule has 0 bridgehead atoms. The summed E-state index contributed by atoms with van der Waals surface area (Å²) in [7, 11) is -3.87. The van der Waals surface area contributed by atoms with E-state index in [1.807, 2.05) is 20.8 Å². The van der Waals surface area contributed by atoms with Gasteiger partial charge in [0.05, 0.1) is 5.75 Å². The van der Waals surface area contributed by atoms with Crippen molar-refractivity contribution in [1.29, 1.82) is 0 Å². The van der Waals surface area contributed by atoms with Gasteiger partial charge in [0.15, 0.2) is 0 Å². The molecule has 7 nitrogen and oxygen atoms in total. The van der Waals surface area contributed by atoms with Gasteiger partial charge in [-0.05, 0) is 27.2 Å². The minimum Gasteiger partial charge on any atom is -0.444 e. The van der Waals surface area contributed by atoms with Gasteiger partial charge in [0.25, 0.3) is 10.1 Å². The van der Waals surface area contributed by atoms with Crippen LogP contribution in [0.2, 0.25) is 0 Å². The van der Waals surface area contributed by atoms with Crippen molar-refractivity contribution in [2.75, 3.05) is 37.7 Å². The lowest BCUT2D eigenvalue weighted by Crippen LogP contribution is -2.48. The lowest BCUT2D eigenvalue weighted by Gasteiger charge is -2.34. The van der Waals surface area contributed by atoms with Gasteiger partial charge in [0, 0.05) is 31.9 Å². The number of hydrogen-bond acceptors (Lipinski definition) is 6. The van der Waals surface area contributed by atoms with E-state index in [9.17, 15) is 13.2 Å². The Morgan fingerprint density at radius 1 is 1.24 bits per heavy atom. The van der Waals surface area contributed by atoms with Crippen molar-refractivity contribution in [2.45, 2.75) is 32.8 Å². The van der Waals surface area contributed by atoms with Crippen LogP contribution in [0.3, 0.4) is 0 Å². The fraction of sp³-hybridized carbons (Fsp3) is 0.917. The zero-order chi connectivity index (χ0) is 16.1. The van der Waals surface area contributed by atoms with Crippen molar-refractivity contribution < 1.29 is 22.5 Å². The average molecular weight is 340 g/mol. The van der Waals surface area contributed by atoms with Crippen molar-refractivity contribution in [3.63, 3.8) is 0 Å². The summed E-state index contributed by atoms with van der Waals surface area (Å²) in [6, 6.07) is 0. The number of carbonyl (C=O) groups excluding carboxylic acids is 1. The predicted octanol–water partition coefficient (Wildman–Crippen LogP) is 1.47. The van der Waals surface area contributed by atoms with Crippen LogP contribution in [-0.2, 0) is 14.9 Å². The highest BCUT2D eigenvalue weighted by Gasteiger charge is 2.25. The van der Waals surface area contributed by atoms with Crippen LogP contribution in [0, 0.1) is 0 Å². The second kappa shape index (κ2) is 7.66. The predicted molar refractivity (Wildman–Crippen MR) is 82.9 cm³/mol. The monoisotopic (exact) mass is 340 g/mol. The lowest BCUT2D eigenvalue weighted by molar-refractivity contribution is 0.0197. The molecule has 0 aromatic carbocycles. The van der Waals surface area contributed by atoms with Crippen LogP contribution in [0.4, 0.5) is 4.79 Å².